The van der Waals surface area contributed by atoms with Crippen LogP contribution in [0.5, 0.6) is 0 Å². The lowest BCUT2D eigenvalue weighted by molar-refractivity contribution is 0.864. The van der Waals surface area contributed by atoms with Crippen molar-refractivity contribution in [3.05, 3.63) is 71.5 Å². The number of aryl methyl sites for hydroxylation is 3. The lowest BCUT2D eigenvalue weighted by atomic mass is 10.1. The molecule has 0 radical (unpaired) electrons. The molecule has 0 aliphatic heterocycles. The van der Waals surface area contributed by atoms with Gasteiger partial charge in [0, 0.05) is 12.0 Å². The predicted octanol–water partition coefficient (Wildman–Crippen LogP) is 3.57. The molecule has 0 aliphatic rings. The Hall–Kier alpha value is -2.42. The highest BCUT2D eigenvalue weighted by Crippen LogP contribution is 2.14. The molecular weight excluding hydrogens is 246 g/mol. The van der Waals surface area contributed by atoms with Gasteiger partial charge in [-0.05, 0) is 18.9 Å². The first-order chi connectivity index (χ1) is 9.81. The Kier molecular flexibility index (Phi) is 3.59. The first-order valence-electron chi connectivity index (χ1n) is 6.83. The normalized spacial score (nSPS) is 10.7. The average Bonchev–Trinajstić information content (AvgIpc) is 2.95. The second-order valence-corrected chi connectivity index (χ2v) is 4.96. The first-order valence-corrected chi connectivity index (χ1v) is 6.83. The van der Waals surface area contributed by atoms with E-state index in [2.05, 4.69) is 46.4 Å². The topological polar surface area (TPSA) is 41.6 Å². The number of rotatable bonds is 4. The zero-order chi connectivity index (χ0) is 13.8. The van der Waals surface area contributed by atoms with Gasteiger partial charge >= 0.3 is 0 Å². The Morgan fingerprint density at radius 2 is 1.80 bits per heavy atom. The smallest absolute Gasteiger partial charge is 0.181 e. The van der Waals surface area contributed by atoms with E-state index in [1.807, 2.05) is 30.3 Å². The van der Waals surface area contributed by atoms with Crippen LogP contribution in [0.4, 0.5) is 0 Å². The van der Waals surface area contributed by atoms with Crippen LogP contribution in [0.1, 0.15) is 17.0 Å². The standard InChI is InChI=1S/C17H17N3/c1-13-6-5-7-14(12-13)10-11-16-18-17(20-19-16)15-8-3-2-4-9-15/h2-9,12H,10-11H2,1H3,(H,18,19,20). The van der Waals surface area contributed by atoms with Gasteiger partial charge in [-0.25, -0.2) is 4.98 Å². The number of H-pyrrole nitrogens is 1. The number of aromatic amines is 1. The minimum atomic E-state index is 0.768. The number of hydrogen-bond donors (Lipinski definition) is 1. The van der Waals surface area contributed by atoms with Gasteiger partial charge in [-0.15, -0.1) is 0 Å². The van der Waals surface area contributed by atoms with Crippen molar-refractivity contribution >= 4 is 0 Å². The maximum absolute atomic E-state index is 4.55. The second kappa shape index (κ2) is 5.70. The summed E-state index contributed by atoms with van der Waals surface area (Å²) in [6.07, 6.45) is 1.86. The van der Waals surface area contributed by atoms with E-state index in [4.69, 9.17) is 0 Å². The molecule has 1 N–H and O–H groups in total. The highest BCUT2D eigenvalue weighted by Gasteiger charge is 2.05. The van der Waals surface area contributed by atoms with Gasteiger partial charge in [0.1, 0.15) is 5.82 Å². The van der Waals surface area contributed by atoms with Crippen LogP contribution in [0.2, 0.25) is 0 Å². The molecule has 3 rings (SSSR count). The van der Waals surface area contributed by atoms with Gasteiger partial charge in [0.25, 0.3) is 0 Å². The van der Waals surface area contributed by atoms with Gasteiger partial charge < -0.3 is 0 Å². The fourth-order valence-corrected chi connectivity index (χ4v) is 2.25. The largest absolute Gasteiger partial charge is 0.263 e. The molecule has 3 heteroatoms. The Balaban J connectivity index is 1.69. The van der Waals surface area contributed by atoms with E-state index < -0.39 is 0 Å². The van der Waals surface area contributed by atoms with Gasteiger partial charge in [-0.2, -0.15) is 5.10 Å². The molecule has 0 spiro atoms. The molecule has 0 atom stereocenters. The summed E-state index contributed by atoms with van der Waals surface area (Å²) in [4.78, 5) is 4.55. The molecule has 3 aromatic rings. The molecule has 0 fully saturated rings. The molecule has 0 amide bonds. The molecule has 1 aromatic heterocycles. The van der Waals surface area contributed by atoms with Crippen molar-refractivity contribution in [2.24, 2.45) is 0 Å². The lowest BCUT2D eigenvalue weighted by Gasteiger charge is -2.00. The first kappa shape index (κ1) is 12.6. The maximum atomic E-state index is 4.55. The third-order valence-corrected chi connectivity index (χ3v) is 3.30. The van der Waals surface area contributed by atoms with E-state index in [-0.39, 0.29) is 0 Å². The van der Waals surface area contributed by atoms with Gasteiger partial charge in [0.2, 0.25) is 0 Å². The molecule has 2 aromatic carbocycles. The molecule has 1 heterocycles. The molecule has 0 aliphatic carbocycles. The molecule has 0 unspecified atom stereocenters. The van der Waals surface area contributed by atoms with Gasteiger partial charge in [-0.1, -0.05) is 60.2 Å². The van der Waals surface area contributed by atoms with Crippen molar-refractivity contribution in [1.82, 2.24) is 15.2 Å². The van der Waals surface area contributed by atoms with Crippen molar-refractivity contribution in [2.75, 3.05) is 0 Å². The molecule has 0 saturated carbocycles. The van der Waals surface area contributed by atoms with Crippen molar-refractivity contribution < 1.29 is 0 Å². The Morgan fingerprint density at radius 1 is 0.950 bits per heavy atom. The van der Waals surface area contributed by atoms with Crippen LogP contribution in [0.3, 0.4) is 0 Å². The van der Waals surface area contributed by atoms with E-state index in [9.17, 15) is 0 Å². The van der Waals surface area contributed by atoms with Crippen LogP contribution >= 0.6 is 0 Å². The quantitative estimate of drug-likeness (QED) is 0.782. The van der Waals surface area contributed by atoms with Crippen molar-refractivity contribution in [3.8, 4) is 11.4 Å². The Bertz CT molecular complexity index is 686. The van der Waals surface area contributed by atoms with Crippen LogP contribution in [-0.2, 0) is 12.8 Å². The molecular formula is C17H17N3. The number of nitrogens with one attached hydrogen (secondary N) is 1. The average molecular weight is 263 g/mol. The maximum Gasteiger partial charge on any atom is 0.181 e. The third kappa shape index (κ3) is 2.94. The summed E-state index contributed by atoms with van der Waals surface area (Å²) >= 11 is 0. The summed E-state index contributed by atoms with van der Waals surface area (Å²) in [6, 6.07) is 18.6. The second-order valence-electron chi connectivity index (χ2n) is 4.96. The minimum Gasteiger partial charge on any atom is -0.263 e. The van der Waals surface area contributed by atoms with Crippen LogP contribution in [0.15, 0.2) is 54.6 Å². The molecule has 3 nitrogen and oxygen atoms in total. The monoisotopic (exact) mass is 263 g/mol. The molecule has 100 valence electrons. The van der Waals surface area contributed by atoms with Crippen LogP contribution < -0.4 is 0 Å². The molecule has 0 saturated heterocycles. The fraction of sp³-hybridized carbons (Fsp3) is 0.176. The highest BCUT2D eigenvalue weighted by molar-refractivity contribution is 5.53. The van der Waals surface area contributed by atoms with E-state index in [0.29, 0.717) is 0 Å². The van der Waals surface area contributed by atoms with E-state index in [1.165, 1.54) is 11.1 Å². The fourth-order valence-electron chi connectivity index (χ4n) is 2.25. The van der Waals surface area contributed by atoms with Gasteiger partial charge in [0.15, 0.2) is 5.82 Å². The van der Waals surface area contributed by atoms with E-state index in [1.54, 1.807) is 0 Å². The SMILES string of the molecule is Cc1cccc(CCc2nc(-c3ccccc3)n[nH]2)c1. The number of aromatic nitrogens is 3. The van der Waals surface area contributed by atoms with Crippen molar-refractivity contribution in [3.63, 3.8) is 0 Å². The summed E-state index contributed by atoms with van der Waals surface area (Å²) in [5, 5.41) is 7.31. The molecule has 0 bridgehead atoms. The van der Waals surface area contributed by atoms with Crippen LogP contribution in [-0.4, -0.2) is 15.2 Å². The van der Waals surface area contributed by atoms with Gasteiger partial charge in [0.05, 0.1) is 0 Å². The minimum absolute atomic E-state index is 0.768. The van der Waals surface area contributed by atoms with E-state index >= 15 is 0 Å². The lowest BCUT2D eigenvalue weighted by Crippen LogP contribution is -1.94. The molecule has 20 heavy (non-hydrogen) atoms. The zero-order valence-electron chi connectivity index (χ0n) is 11.5. The predicted molar refractivity (Wildman–Crippen MR) is 80.4 cm³/mol. The Labute approximate surface area is 118 Å². The third-order valence-electron chi connectivity index (χ3n) is 3.30. The van der Waals surface area contributed by atoms with Crippen molar-refractivity contribution in [2.45, 2.75) is 19.8 Å². The van der Waals surface area contributed by atoms with Crippen LogP contribution in [0.25, 0.3) is 11.4 Å². The number of hydrogen-bond acceptors (Lipinski definition) is 2. The summed E-state index contributed by atoms with van der Waals surface area (Å²) in [5.41, 5.74) is 3.68. The van der Waals surface area contributed by atoms with Gasteiger partial charge in [-0.3, -0.25) is 5.10 Å². The summed E-state index contributed by atoms with van der Waals surface area (Å²) in [6.45, 7) is 2.12. The Morgan fingerprint density at radius 3 is 2.60 bits per heavy atom. The van der Waals surface area contributed by atoms with E-state index in [0.717, 1.165) is 30.1 Å². The number of nitrogens with zero attached hydrogens (tertiary/aromatic N) is 2. The summed E-state index contributed by atoms with van der Waals surface area (Å²) in [7, 11) is 0. The van der Waals surface area contributed by atoms with Crippen LogP contribution in [0, 0.1) is 6.92 Å². The summed E-state index contributed by atoms with van der Waals surface area (Å²) < 4.78 is 0. The highest BCUT2D eigenvalue weighted by atomic mass is 15.2. The van der Waals surface area contributed by atoms with Crippen molar-refractivity contribution in [1.29, 1.82) is 0 Å². The summed E-state index contributed by atoms with van der Waals surface area (Å²) in [5.74, 6) is 1.70. The number of benzene rings is 2. The zero-order valence-corrected chi connectivity index (χ0v) is 11.5.